The minimum Gasteiger partial charge on any atom is -0.396 e. The van der Waals surface area contributed by atoms with Gasteiger partial charge in [0.2, 0.25) is 0 Å². The van der Waals surface area contributed by atoms with E-state index in [0.29, 0.717) is 11.4 Å². The van der Waals surface area contributed by atoms with Crippen molar-refractivity contribution in [3.63, 3.8) is 0 Å². The molecule has 0 N–H and O–H groups in total. The molecule has 0 fully saturated rings. The molecule has 0 atom stereocenters. The lowest BCUT2D eigenvalue weighted by molar-refractivity contribution is -0.356. The molecule has 0 aromatic carbocycles. The highest BCUT2D eigenvalue weighted by Gasteiger charge is 2.51. The first-order valence-electron chi connectivity index (χ1n) is 6.76. The van der Waals surface area contributed by atoms with Crippen LogP contribution in [0.25, 0.3) is 5.57 Å². The Balaban J connectivity index is 2.04. The van der Waals surface area contributed by atoms with Crippen LogP contribution in [0, 0.1) is 6.92 Å². The van der Waals surface area contributed by atoms with Gasteiger partial charge >= 0.3 is 6.97 Å². The number of allylic oxidation sites excluding steroid dienone is 2. The van der Waals surface area contributed by atoms with E-state index >= 15 is 0 Å². The van der Waals surface area contributed by atoms with Gasteiger partial charge in [0.05, 0.1) is 5.57 Å². The van der Waals surface area contributed by atoms with Crippen LogP contribution in [-0.4, -0.2) is 27.1 Å². The first-order valence-corrected chi connectivity index (χ1v) is 6.76. The van der Waals surface area contributed by atoms with Crippen LogP contribution >= 0.6 is 0 Å². The molecule has 0 radical (unpaired) electrons. The van der Waals surface area contributed by atoms with Crippen molar-refractivity contribution in [2.45, 2.75) is 6.92 Å². The first-order chi connectivity index (χ1) is 10.1. The molecule has 0 aliphatic carbocycles. The number of aryl methyl sites for hydroxylation is 1. The van der Waals surface area contributed by atoms with Crippen molar-refractivity contribution in [3.05, 3.63) is 71.5 Å². The Morgan fingerprint density at radius 1 is 1.24 bits per heavy atom. The van der Waals surface area contributed by atoms with Crippen molar-refractivity contribution >= 4 is 18.8 Å². The molecule has 0 spiro atoms. The zero-order chi connectivity index (χ0) is 14.6. The Morgan fingerprint density at radius 2 is 2.10 bits per heavy atom. The molecule has 3 nitrogen and oxygen atoms in total. The largest absolute Gasteiger partial charge is 0.737 e. The summed E-state index contributed by atoms with van der Waals surface area (Å²) in [4.78, 5) is 4.28. The molecule has 0 saturated carbocycles. The van der Waals surface area contributed by atoms with Crippen LogP contribution in [-0.2, 0) is 0 Å². The van der Waals surface area contributed by atoms with Crippen LogP contribution in [0.4, 0.5) is 8.63 Å². The highest BCUT2D eigenvalue weighted by Crippen LogP contribution is 2.37. The summed E-state index contributed by atoms with van der Waals surface area (Å²) < 4.78 is 31.3. The third-order valence-electron chi connectivity index (χ3n) is 3.94. The molecule has 2 aromatic heterocycles. The maximum Gasteiger partial charge on any atom is 0.737 e. The quantitative estimate of drug-likeness (QED) is 0.737. The summed E-state index contributed by atoms with van der Waals surface area (Å²) in [5.74, 6) is 0. The number of rotatable bonds is 1. The van der Waals surface area contributed by atoms with E-state index in [1.54, 1.807) is 30.5 Å². The molecule has 104 valence electrons. The Kier molecular flexibility index (Phi) is 2.34. The SMILES string of the molecule is Cc1ccc(C2=C3C=CC=[N+]3[B-](F)(F)n3cccc32)cn1. The summed E-state index contributed by atoms with van der Waals surface area (Å²) >= 11 is 0. The van der Waals surface area contributed by atoms with Gasteiger partial charge in [-0.15, -0.1) is 0 Å². The molecule has 6 heteroatoms. The van der Waals surface area contributed by atoms with Gasteiger partial charge in [0, 0.05) is 35.3 Å². The van der Waals surface area contributed by atoms with Gasteiger partial charge < -0.3 is 17.6 Å². The summed E-state index contributed by atoms with van der Waals surface area (Å²) in [7, 11) is 0. The van der Waals surface area contributed by atoms with Crippen molar-refractivity contribution in [2.75, 3.05) is 0 Å². The summed E-state index contributed by atoms with van der Waals surface area (Å²) in [6.07, 6.45) is 7.97. The van der Waals surface area contributed by atoms with Crippen molar-refractivity contribution < 1.29 is 13.1 Å². The fraction of sp³-hybridized carbons (Fsp3) is 0.0667. The molecule has 2 aliphatic rings. The van der Waals surface area contributed by atoms with Gasteiger partial charge in [0.15, 0.2) is 5.70 Å². The fourth-order valence-corrected chi connectivity index (χ4v) is 2.93. The monoisotopic (exact) mass is 283 g/mol. The van der Waals surface area contributed by atoms with E-state index in [9.17, 15) is 8.63 Å². The van der Waals surface area contributed by atoms with Crippen LogP contribution in [0.1, 0.15) is 17.0 Å². The lowest BCUT2D eigenvalue weighted by Gasteiger charge is -2.30. The highest BCUT2D eigenvalue weighted by molar-refractivity contribution is 6.57. The van der Waals surface area contributed by atoms with Gasteiger partial charge in [-0.05, 0) is 31.3 Å². The van der Waals surface area contributed by atoms with Crippen LogP contribution in [0.15, 0.2) is 54.5 Å². The maximum atomic E-state index is 14.6. The zero-order valence-electron chi connectivity index (χ0n) is 11.4. The average Bonchev–Trinajstić information content (AvgIpc) is 3.10. The highest BCUT2D eigenvalue weighted by atomic mass is 19.2. The molecule has 4 rings (SSSR count). The molecule has 4 heterocycles. The second-order valence-corrected chi connectivity index (χ2v) is 5.25. The van der Waals surface area contributed by atoms with Gasteiger partial charge in [-0.3, -0.25) is 4.98 Å². The second kappa shape index (κ2) is 4.01. The summed E-state index contributed by atoms with van der Waals surface area (Å²) in [6, 6.07) is 7.18. The molecular weight excluding hydrogens is 271 g/mol. The van der Waals surface area contributed by atoms with Gasteiger partial charge in [0.25, 0.3) is 0 Å². The Morgan fingerprint density at radius 3 is 2.86 bits per heavy atom. The topological polar surface area (TPSA) is 20.8 Å². The average molecular weight is 283 g/mol. The fourth-order valence-electron chi connectivity index (χ4n) is 2.93. The molecule has 21 heavy (non-hydrogen) atoms. The molecule has 0 bridgehead atoms. The predicted molar refractivity (Wildman–Crippen MR) is 78.3 cm³/mol. The van der Waals surface area contributed by atoms with Crippen LogP contribution in [0.5, 0.6) is 0 Å². The van der Waals surface area contributed by atoms with Crippen molar-refractivity contribution in [1.82, 2.24) is 9.46 Å². The Bertz CT molecular complexity index is 829. The van der Waals surface area contributed by atoms with Crippen molar-refractivity contribution in [2.24, 2.45) is 0 Å². The third-order valence-corrected chi connectivity index (χ3v) is 3.94. The number of nitrogens with zero attached hydrogens (tertiary/aromatic N) is 3. The molecule has 0 saturated heterocycles. The minimum absolute atomic E-state index is 0.525. The summed E-state index contributed by atoms with van der Waals surface area (Å²) in [5.41, 5.74) is 3.57. The zero-order valence-corrected chi connectivity index (χ0v) is 11.4. The van der Waals surface area contributed by atoms with E-state index in [-0.39, 0.29) is 0 Å². The number of hydrogen-bond acceptors (Lipinski definition) is 1. The number of halogens is 2. The van der Waals surface area contributed by atoms with E-state index < -0.39 is 6.97 Å². The van der Waals surface area contributed by atoms with Gasteiger partial charge in [0.1, 0.15) is 6.21 Å². The molecule has 0 amide bonds. The van der Waals surface area contributed by atoms with Crippen molar-refractivity contribution in [3.8, 4) is 0 Å². The van der Waals surface area contributed by atoms with E-state index in [4.69, 9.17) is 0 Å². The molecular formula is C15H12BF2N3. The van der Waals surface area contributed by atoms with E-state index in [1.165, 1.54) is 12.4 Å². The van der Waals surface area contributed by atoms with Crippen LogP contribution in [0.2, 0.25) is 0 Å². The number of hydrogen-bond donors (Lipinski definition) is 0. The Hall–Kier alpha value is -2.50. The standard InChI is InChI=1S/C15H12BF2N3/c1-11-6-7-12(10-19-11)15-13-4-2-8-20(13)16(17,18)21-9-3-5-14(15)21/h2-10H,1H3. The van der Waals surface area contributed by atoms with Gasteiger partial charge in [-0.2, -0.15) is 0 Å². The second-order valence-electron chi connectivity index (χ2n) is 5.25. The van der Waals surface area contributed by atoms with Gasteiger partial charge in [-0.25, -0.2) is 0 Å². The van der Waals surface area contributed by atoms with Crippen LogP contribution < -0.4 is 0 Å². The van der Waals surface area contributed by atoms with E-state index in [0.717, 1.165) is 25.8 Å². The van der Waals surface area contributed by atoms with E-state index in [1.807, 2.05) is 19.1 Å². The number of fused-ring (bicyclic) bond motifs is 2. The number of pyridine rings is 1. The minimum atomic E-state index is -3.83. The lowest BCUT2D eigenvalue weighted by atomic mass is 9.87. The summed E-state index contributed by atoms with van der Waals surface area (Å²) in [6.45, 7) is -1.93. The van der Waals surface area contributed by atoms with E-state index in [2.05, 4.69) is 4.98 Å². The van der Waals surface area contributed by atoms with Crippen LogP contribution in [0.3, 0.4) is 0 Å². The number of aromatic nitrogens is 2. The smallest absolute Gasteiger partial charge is 0.396 e. The van der Waals surface area contributed by atoms with Gasteiger partial charge in [-0.1, -0.05) is 6.07 Å². The predicted octanol–water partition coefficient (Wildman–Crippen LogP) is 2.84. The summed E-state index contributed by atoms with van der Waals surface area (Å²) in [5, 5.41) is 0. The normalized spacial score (nSPS) is 18.5. The molecule has 2 aromatic rings. The lowest BCUT2D eigenvalue weighted by Crippen LogP contribution is -2.49. The first kappa shape index (κ1) is 12.3. The Labute approximate surface area is 120 Å². The molecule has 0 unspecified atom stereocenters. The maximum absolute atomic E-state index is 14.6. The van der Waals surface area contributed by atoms with Crippen molar-refractivity contribution in [1.29, 1.82) is 0 Å². The third kappa shape index (κ3) is 1.59. The molecule has 2 aliphatic heterocycles.